The fourth-order valence-corrected chi connectivity index (χ4v) is 3.11. The molecule has 3 fully saturated rings. The first-order valence-electron chi connectivity index (χ1n) is 7.28. The molecule has 0 aromatic heterocycles. The molecule has 5 nitrogen and oxygen atoms in total. The topological polar surface area (TPSA) is 31.0 Å². The van der Waals surface area contributed by atoms with Crippen LogP contribution in [0.2, 0.25) is 0 Å². The number of ether oxygens (including phenoxy) is 1. The van der Waals surface area contributed by atoms with Gasteiger partial charge in [-0.2, -0.15) is 0 Å². The van der Waals surface area contributed by atoms with Crippen LogP contribution in [-0.4, -0.2) is 99.4 Å². The molecule has 3 rings (SSSR count). The second-order valence-corrected chi connectivity index (χ2v) is 5.90. The van der Waals surface area contributed by atoms with Gasteiger partial charge in [0.1, 0.15) is 0 Å². The highest BCUT2D eigenvalue weighted by molar-refractivity contribution is 4.88. The highest BCUT2D eigenvalue weighted by Gasteiger charge is 2.29. The second kappa shape index (κ2) is 5.84. The number of nitrogens with one attached hydrogen (secondary N) is 1. The van der Waals surface area contributed by atoms with E-state index in [1.54, 1.807) is 0 Å². The van der Waals surface area contributed by atoms with Crippen molar-refractivity contribution in [1.82, 2.24) is 20.0 Å². The summed E-state index contributed by atoms with van der Waals surface area (Å²) in [5.41, 5.74) is 0. The molecular formula is C13H26N4O. The normalized spacial score (nSPS) is 33.5. The quantitative estimate of drug-likeness (QED) is 0.691. The first-order valence-corrected chi connectivity index (χ1v) is 7.28. The number of piperazine rings is 1. The van der Waals surface area contributed by atoms with Crippen molar-refractivity contribution in [2.45, 2.75) is 12.1 Å². The zero-order chi connectivity index (χ0) is 12.4. The molecule has 1 N–H and O–H groups in total. The van der Waals surface area contributed by atoms with Crippen molar-refractivity contribution in [1.29, 1.82) is 0 Å². The van der Waals surface area contributed by atoms with Crippen LogP contribution in [0.1, 0.15) is 0 Å². The van der Waals surface area contributed by atoms with Crippen LogP contribution in [0, 0.1) is 0 Å². The molecule has 0 saturated carbocycles. The highest BCUT2D eigenvalue weighted by atomic mass is 16.5. The van der Waals surface area contributed by atoms with Gasteiger partial charge < -0.3 is 15.0 Å². The third kappa shape index (κ3) is 3.03. The van der Waals surface area contributed by atoms with Crippen molar-refractivity contribution in [2.24, 2.45) is 0 Å². The Balaban J connectivity index is 1.39. The molecule has 0 aliphatic carbocycles. The van der Waals surface area contributed by atoms with E-state index in [2.05, 4.69) is 27.1 Å². The Labute approximate surface area is 110 Å². The van der Waals surface area contributed by atoms with Gasteiger partial charge in [0.25, 0.3) is 0 Å². The summed E-state index contributed by atoms with van der Waals surface area (Å²) in [6, 6.07) is 0.809. The summed E-state index contributed by atoms with van der Waals surface area (Å²) in [5, 5.41) is 3.36. The van der Waals surface area contributed by atoms with Crippen molar-refractivity contribution in [3.63, 3.8) is 0 Å². The van der Waals surface area contributed by atoms with Crippen molar-refractivity contribution in [2.75, 3.05) is 72.6 Å². The fourth-order valence-electron chi connectivity index (χ4n) is 3.11. The van der Waals surface area contributed by atoms with E-state index in [9.17, 15) is 0 Å². The van der Waals surface area contributed by atoms with E-state index in [4.69, 9.17) is 4.74 Å². The average molecular weight is 254 g/mol. The van der Waals surface area contributed by atoms with Crippen LogP contribution in [0.25, 0.3) is 0 Å². The number of likely N-dealkylation sites (N-methyl/N-ethyl adjacent to an activating group) is 1. The van der Waals surface area contributed by atoms with Gasteiger partial charge in [-0.25, -0.2) is 0 Å². The summed E-state index contributed by atoms with van der Waals surface area (Å²) < 4.78 is 5.85. The van der Waals surface area contributed by atoms with Crippen LogP contribution in [0.15, 0.2) is 0 Å². The lowest BCUT2D eigenvalue weighted by Gasteiger charge is -2.44. The minimum Gasteiger partial charge on any atom is -0.374 e. The van der Waals surface area contributed by atoms with Gasteiger partial charge in [-0.05, 0) is 7.05 Å². The van der Waals surface area contributed by atoms with Crippen molar-refractivity contribution in [3.8, 4) is 0 Å². The van der Waals surface area contributed by atoms with Gasteiger partial charge in [0.2, 0.25) is 0 Å². The van der Waals surface area contributed by atoms with Crippen LogP contribution in [-0.2, 0) is 4.74 Å². The minimum absolute atomic E-state index is 0.417. The van der Waals surface area contributed by atoms with Crippen LogP contribution < -0.4 is 5.32 Å². The zero-order valence-electron chi connectivity index (χ0n) is 11.5. The lowest BCUT2D eigenvalue weighted by Crippen LogP contribution is -2.62. The van der Waals surface area contributed by atoms with E-state index in [-0.39, 0.29) is 0 Å². The highest BCUT2D eigenvalue weighted by Crippen LogP contribution is 2.11. The molecule has 3 aliphatic rings. The molecule has 3 heterocycles. The molecule has 18 heavy (non-hydrogen) atoms. The molecule has 1 unspecified atom stereocenters. The Kier molecular flexibility index (Phi) is 4.16. The molecule has 0 aromatic carbocycles. The summed E-state index contributed by atoms with van der Waals surface area (Å²) in [4.78, 5) is 7.59. The van der Waals surface area contributed by atoms with E-state index < -0.39 is 0 Å². The molecule has 0 spiro atoms. The van der Waals surface area contributed by atoms with Gasteiger partial charge in [-0.1, -0.05) is 0 Å². The summed E-state index contributed by atoms with van der Waals surface area (Å²) in [6.45, 7) is 11.4. The number of hydrogen-bond donors (Lipinski definition) is 1. The largest absolute Gasteiger partial charge is 0.374 e. The van der Waals surface area contributed by atoms with Crippen LogP contribution >= 0.6 is 0 Å². The minimum atomic E-state index is 0.417. The predicted molar refractivity (Wildman–Crippen MR) is 71.9 cm³/mol. The van der Waals surface area contributed by atoms with E-state index in [0.717, 1.165) is 32.3 Å². The van der Waals surface area contributed by atoms with Crippen LogP contribution in [0.4, 0.5) is 0 Å². The van der Waals surface area contributed by atoms with Gasteiger partial charge in [0.05, 0.1) is 12.7 Å². The fraction of sp³-hybridized carbons (Fsp3) is 1.00. The molecule has 1 atom stereocenters. The maximum absolute atomic E-state index is 5.85. The van der Waals surface area contributed by atoms with E-state index in [1.165, 1.54) is 39.3 Å². The third-order valence-electron chi connectivity index (χ3n) is 4.49. The Morgan fingerprint density at radius 2 is 1.89 bits per heavy atom. The number of nitrogens with zero attached hydrogens (tertiary/aromatic N) is 3. The summed E-state index contributed by atoms with van der Waals surface area (Å²) >= 11 is 0. The molecule has 3 saturated heterocycles. The molecular weight excluding hydrogens is 228 g/mol. The maximum atomic E-state index is 5.85. The first-order chi connectivity index (χ1) is 8.81. The summed E-state index contributed by atoms with van der Waals surface area (Å²) in [7, 11) is 2.19. The second-order valence-electron chi connectivity index (χ2n) is 5.90. The Hall–Kier alpha value is -0.200. The lowest BCUT2D eigenvalue weighted by molar-refractivity contribution is -0.0437. The molecule has 0 amide bonds. The maximum Gasteiger partial charge on any atom is 0.0829 e. The molecule has 0 bridgehead atoms. The molecule has 0 radical (unpaired) electrons. The number of rotatable bonds is 3. The first kappa shape index (κ1) is 12.8. The third-order valence-corrected chi connectivity index (χ3v) is 4.49. The number of morpholine rings is 1. The Morgan fingerprint density at radius 1 is 1.11 bits per heavy atom. The Morgan fingerprint density at radius 3 is 2.50 bits per heavy atom. The van der Waals surface area contributed by atoms with Crippen LogP contribution in [0.3, 0.4) is 0 Å². The van der Waals surface area contributed by atoms with Crippen molar-refractivity contribution < 1.29 is 4.74 Å². The standard InChI is InChI=1S/C13H26N4O/c1-15-6-7-18-13(10-15)11-16-2-4-17(5-3-16)12-8-14-9-12/h12-14H,2-11H2,1H3. The van der Waals surface area contributed by atoms with Gasteiger partial charge in [-0.15, -0.1) is 0 Å². The predicted octanol–water partition coefficient (Wildman–Crippen LogP) is -1.09. The van der Waals surface area contributed by atoms with E-state index in [0.29, 0.717) is 6.10 Å². The average Bonchev–Trinajstić information content (AvgIpc) is 2.29. The van der Waals surface area contributed by atoms with E-state index >= 15 is 0 Å². The molecule has 0 aromatic rings. The molecule has 5 heteroatoms. The lowest BCUT2D eigenvalue weighted by atomic mass is 10.1. The molecule has 104 valence electrons. The SMILES string of the molecule is CN1CCOC(CN2CCN(C3CNC3)CC2)C1. The van der Waals surface area contributed by atoms with Gasteiger partial charge in [0.15, 0.2) is 0 Å². The van der Waals surface area contributed by atoms with Crippen molar-refractivity contribution in [3.05, 3.63) is 0 Å². The monoisotopic (exact) mass is 254 g/mol. The summed E-state index contributed by atoms with van der Waals surface area (Å²) in [6.07, 6.45) is 0.417. The zero-order valence-corrected chi connectivity index (χ0v) is 11.5. The van der Waals surface area contributed by atoms with Gasteiger partial charge >= 0.3 is 0 Å². The molecule has 3 aliphatic heterocycles. The Bertz CT molecular complexity index is 264. The van der Waals surface area contributed by atoms with E-state index in [1.807, 2.05) is 0 Å². The van der Waals surface area contributed by atoms with Crippen molar-refractivity contribution >= 4 is 0 Å². The summed E-state index contributed by atoms with van der Waals surface area (Å²) in [5.74, 6) is 0. The van der Waals surface area contributed by atoms with Gasteiger partial charge in [0, 0.05) is 64.9 Å². The smallest absolute Gasteiger partial charge is 0.0829 e. The number of hydrogen-bond acceptors (Lipinski definition) is 5. The van der Waals surface area contributed by atoms with Crippen LogP contribution in [0.5, 0.6) is 0 Å². The van der Waals surface area contributed by atoms with Gasteiger partial charge in [-0.3, -0.25) is 9.80 Å².